The third-order valence-corrected chi connectivity index (χ3v) is 5.81. The number of nitrogens with one attached hydrogen (secondary N) is 1. The number of hydrogen-bond donors (Lipinski definition) is 1. The Morgan fingerprint density at radius 2 is 1.86 bits per heavy atom. The quantitative estimate of drug-likeness (QED) is 0.809. The molecule has 4 rings (SSSR count). The van der Waals surface area contributed by atoms with Crippen molar-refractivity contribution in [3.8, 4) is 11.5 Å². The van der Waals surface area contributed by atoms with Crippen LogP contribution in [0, 0.1) is 0 Å². The molecular weight excluding hydrogens is 368 g/mol. The average molecular weight is 396 g/mol. The average Bonchev–Trinajstić information content (AvgIpc) is 3.15. The van der Waals surface area contributed by atoms with E-state index in [1.54, 1.807) is 14.2 Å². The largest absolute Gasteiger partial charge is 0.493 e. The summed E-state index contributed by atoms with van der Waals surface area (Å²) in [5.74, 6) is 1.70. The second-order valence-electron chi connectivity index (χ2n) is 7.51. The maximum atomic E-state index is 12.9. The molecule has 0 bridgehead atoms. The molecule has 1 amide bonds. The number of rotatable bonds is 6. The van der Waals surface area contributed by atoms with Gasteiger partial charge in [0.2, 0.25) is 5.91 Å². The van der Waals surface area contributed by atoms with Gasteiger partial charge in [-0.15, -0.1) is 0 Å². The molecule has 1 N–H and O–H groups in total. The minimum atomic E-state index is 0.0401. The number of nitrogens with zero attached hydrogens (tertiary/aromatic N) is 1. The fraction of sp³-hybridized carbons (Fsp3) is 0.435. The van der Waals surface area contributed by atoms with Crippen molar-refractivity contribution < 1.29 is 19.0 Å². The number of methoxy groups -OCH3 is 2. The normalized spacial score (nSPS) is 18.3. The standard InChI is InChI=1S/C23H28N2O4/c1-27-21-13-16-7-8-17(18(16)15-22(21)28-2)14-23(26)24-19-5-3-4-6-20(19)25-9-11-29-12-10-25/h3-6,13,15,17H,7-12,14H2,1-2H3,(H,24,26). The Kier molecular flexibility index (Phi) is 5.90. The van der Waals surface area contributed by atoms with Crippen LogP contribution in [0.4, 0.5) is 11.4 Å². The zero-order valence-electron chi connectivity index (χ0n) is 17.1. The van der Waals surface area contributed by atoms with Gasteiger partial charge in [0.25, 0.3) is 0 Å². The summed E-state index contributed by atoms with van der Waals surface area (Å²) >= 11 is 0. The highest BCUT2D eigenvalue weighted by molar-refractivity contribution is 5.95. The molecule has 1 unspecified atom stereocenters. The van der Waals surface area contributed by atoms with Crippen LogP contribution in [0.3, 0.4) is 0 Å². The van der Waals surface area contributed by atoms with Gasteiger partial charge >= 0.3 is 0 Å². The molecule has 0 spiro atoms. The smallest absolute Gasteiger partial charge is 0.225 e. The molecule has 2 aliphatic rings. The molecule has 29 heavy (non-hydrogen) atoms. The number of hydrogen-bond acceptors (Lipinski definition) is 5. The van der Waals surface area contributed by atoms with Crippen molar-refractivity contribution in [3.63, 3.8) is 0 Å². The van der Waals surface area contributed by atoms with Crippen LogP contribution in [-0.4, -0.2) is 46.4 Å². The van der Waals surface area contributed by atoms with Gasteiger partial charge < -0.3 is 24.4 Å². The maximum absolute atomic E-state index is 12.9. The van der Waals surface area contributed by atoms with Gasteiger partial charge in [-0.05, 0) is 54.2 Å². The van der Waals surface area contributed by atoms with E-state index in [0.29, 0.717) is 19.6 Å². The van der Waals surface area contributed by atoms with Gasteiger partial charge in [-0.3, -0.25) is 4.79 Å². The van der Waals surface area contributed by atoms with E-state index >= 15 is 0 Å². The predicted molar refractivity (Wildman–Crippen MR) is 113 cm³/mol. The lowest BCUT2D eigenvalue weighted by Gasteiger charge is -2.30. The molecule has 1 fully saturated rings. The zero-order valence-corrected chi connectivity index (χ0v) is 17.1. The van der Waals surface area contributed by atoms with Crippen LogP contribution in [0.15, 0.2) is 36.4 Å². The van der Waals surface area contributed by atoms with E-state index in [1.807, 2.05) is 30.3 Å². The number of anilines is 2. The number of amides is 1. The first-order valence-corrected chi connectivity index (χ1v) is 10.2. The highest BCUT2D eigenvalue weighted by Gasteiger charge is 2.27. The number of carbonyl (C=O) groups excluding carboxylic acids is 1. The molecule has 1 aliphatic carbocycles. The lowest BCUT2D eigenvalue weighted by Crippen LogP contribution is -2.36. The number of morpholine rings is 1. The minimum Gasteiger partial charge on any atom is -0.493 e. The summed E-state index contributed by atoms with van der Waals surface area (Å²) in [6, 6.07) is 12.1. The van der Waals surface area contributed by atoms with Crippen LogP contribution in [0.2, 0.25) is 0 Å². The van der Waals surface area contributed by atoms with E-state index in [4.69, 9.17) is 14.2 Å². The van der Waals surface area contributed by atoms with Gasteiger partial charge in [-0.25, -0.2) is 0 Å². The monoisotopic (exact) mass is 396 g/mol. The van der Waals surface area contributed by atoms with Crippen LogP contribution in [0.1, 0.15) is 29.9 Å². The number of para-hydroxylation sites is 2. The molecule has 1 atom stereocenters. The van der Waals surface area contributed by atoms with E-state index in [0.717, 1.165) is 48.8 Å². The van der Waals surface area contributed by atoms with Crippen molar-refractivity contribution in [3.05, 3.63) is 47.5 Å². The van der Waals surface area contributed by atoms with E-state index in [9.17, 15) is 4.79 Å². The summed E-state index contributed by atoms with van der Waals surface area (Å²) in [6.45, 7) is 3.11. The summed E-state index contributed by atoms with van der Waals surface area (Å²) in [4.78, 5) is 15.1. The second-order valence-corrected chi connectivity index (χ2v) is 7.51. The van der Waals surface area contributed by atoms with Crippen molar-refractivity contribution in [1.82, 2.24) is 0 Å². The molecular formula is C23H28N2O4. The van der Waals surface area contributed by atoms with Crippen LogP contribution in [0.5, 0.6) is 11.5 Å². The van der Waals surface area contributed by atoms with Crippen molar-refractivity contribution >= 4 is 17.3 Å². The van der Waals surface area contributed by atoms with Crippen LogP contribution in [0.25, 0.3) is 0 Å². The Labute approximate surface area is 171 Å². The predicted octanol–water partition coefficient (Wildman–Crippen LogP) is 3.60. The minimum absolute atomic E-state index is 0.0401. The summed E-state index contributed by atoms with van der Waals surface area (Å²) in [5, 5.41) is 3.14. The summed E-state index contributed by atoms with van der Waals surface area (Å²) in [6.07, 6.45) is 2.38. The highest BCUT2D eigenvalue weighted by atomic mass is 16.5. The lowest BCUT2D eigenvalue weighted by atomic mass is 9.97. The third-order valence-electron chi connectivity index (χ3n) is 5.81. The zero-order chi connectivity index (χ0) is 20.2. The van der Waals surface area contributed by atoms with E-state index in [2.05, 4.69) is 16.3 Å². The lowest BCUT2D eigenvalue weighted by molar-refractivity contribution is -0.116. The molecule has 6 nitrogen and oxygen atoms in total. The molecule has 0 radical (unpaired) electrons. The van der Waals surface area contributed by atoms with Gasteiger partial charge in [0.1, 0.15) is 0 Å². The van der Waals surface area contributed by atoms with E-state index in [-0.39, 0.29) is 11.8 Å². The molecule has 6 heteroatoms. The molecule has 0 saturated carbocycles. The number of ether oxygens (including phenoxy) is 3. The Balaban J connectivity index is 1.47. The van der Waals surface area contributed by atoms with Crippen molar-refractivity contribution in [1.29, 1.82) is 0 Å². The Morgan fingerprint density at radius 3 is 2.62 bits per heavy atom. The molecule has 1 heterocycles. The van der Waals surface area contributed by atoms with Crippen LogP contribution >= 0.6 is 0 Å². The van der Waals surface area contributed by atoms with Crippen molar-refractivity contribution in [2.24, 2.45) is 0 Å². The van der Waals surface area contributed by atoms with Gasteiger partial charge in [-0.1, -0.05) is 12.1 Å². The first-order chi connectivity index (χ1) is 14.2. The van der Waals surface area contributed by atoms with Crippen LogP contribution < -0.4 is 19.7 Å². The number of benzene rings is 2. The van der Waals surface area contributed by atoms with E-state index in [1.165, 1.54) is 11.1 Å². The molecule has 2 aromatic rings. The van der Waals surface area contributed by atoms with Gasteiger partial charge in [0, 0.05) is 19.5 Å². The molecule has 2 aromatic carbocycles. The molecule has 1 saturated heterocycles. The highest BCUT2D eigenvalue weighted by Crippen LogP contribution is 2.42. The first kappa shape index (κ1) is 19.6. The first-order valence-electron chi connectivity index (χ1n) is 10.2. The fourth-order valence-electron chi connectivity index (χ4n) is 4.31. The Bertz CT molecular complexity index is 877. The summed E-state index contributed by atoms with van der Waals surface area (Å²) in [5.41, 5.74) is 4.36. The summed E-state index contributed by atoms with van der Waals surface area (Å²) < 4.78 is 16.3. The van der Waals surface area contributed by atoms with Crippen LogP contribution in [-0.2, 0) is 16.0 Å². The number of aryl methyl sites for hydroxylation is 1. The number of carbonyl (C=O) groups is 1. The number of fused-ring (bicyclic) bond motifs is 1. The topological polar surface area (TPSA) is 60.0 Å². The summed E-state index contributed by atoms with van der Waals surface area (Å²) in [7, 11) is 3.29. The van der Waals surface area contributed by atoms with Gasteiger partial charge in [0.15, 0.2) is 11.5 Å². The third kappa shape index (κ3) is 4.17. The molecule has 1 aliphatic heterocycles. The molecule has 154 valence electrons. The SMILES string of the molecule is COc1cc2c(cc1OC)C(CC(=O)Nc1ccccc1N1CCOCC1)CC2. The van der Waals surface area contributed by atoms with Gasteiger partial charge in [-0.2, -0.15) is 0 Å². The Morgan fingerprint density at radius 1 is 1.14 bits per heavy atom. The van der Waals surface area contributed by atoms with Gasteiger partial charge in [0.05, 0.1) is 38.8 Å². The second kappa shape index (κ2) is 8.74. The Hall–Kier alpha value is -2.73. The fourth-order valence-corrected chi connectivity index (χ4v) is 4.31. The maximum Gasteiger partial charge on any atom is 0.225 e. The van der Waals surface area contributed by atoms with Crippen molar-refractivity contribution in [2.75, 3.05) is 50.7 Å². The van der Waals surface area contributed by atoms with E-state index < -0.39 is 0 Å². The van der Waals surface area contributed by atoms with Crippen molar-refractivity contribution in [2.45, 2.75) is 25.2 Å². The molecule has 0 aromatic heterocycles.